The zero-order valence-corrected chi connectivity index (χ0v) is 16.5. The fourth-order valence-electron chi connectivity index (χ4n) is 3.32. The third-order valence-electron chi connectivity index (χ3n) is 4.98. The Labute approximate surface area is 159 Å². The molecule has 8 nitrogen and oxygen atoms in total. The van der Waals surface area contributed by atoms with E-state index in [-0.39, 0.29) is 18.1 Å². The van der Waals surface area contributed by atoms with Gasteiger partial charge in [-0.2, -0.15) is 0 Å². The molecule has 146 valence electrons. The van der Waals surface area contributed by atoms with Gasteiger partial charge in [0.1, 0.15) is 12.1 Å². The van der Waals surface area contributed by atoms with Crippen molar-refractivity contribution in [2.24, 2.45) is 5.14 Å². The smallest absolute Gasteiger partial charge is 0.223 e. The van der Waals surface area contributed by atoms with E-state index in [1.807, 2.05) is 0 Å². The average Bonchev–Trinajstić information content (AvgIpc) is 2.86. The van der Waals surface area contributed by atoms with E-state index in [9.17, 15) is 13.2 Å². The van der Waals surface area contributed by atoms with E-state index in [0.717, 1.165) is 29.7 Å². The fourth-order valence-corrected chi connectivity index (χ4v) is 3.78. The lowest BCUT2D eigenvalue weighted by Gasteiger charge is -2.24. The molecule has 0 unspecified atom stereocenters. The minimum absolute atomic E-state index is 0.0757. The molecule has 0 saturated carbocycles. The molecule has 1 saturated heterocycles. The Hall–Kier alpha value is -2.26. The van der Waals surface area contributed by atoms with Crippen LogP contribution in [0.3, 0.4) is 0 Å². The third-order valence-corrected chi connectivity index (χ3v) is 5.75. The van der Waals surface area contributed by atoms with Gasteiger partial charge < -0.3 is 9.80 Å². The second kappa shape index (κ2) is 7.77. The van der Waals surface area contributed by atoms with Gasteiger partial charge in [-0.1, -0.05) is 0 Å². The lowest BCUT2D eigenvalue weighted by Crippen LogP contribution is -2.36. The van der Waals surface area contributed by atoms with Crippen molar-refractivity contribution in [3.8, 4) is 0 Å². The van der Waals surface area contributed by atoms with E-state index in [0.29, 0.717) is 19.6 Å². The monoisotopic (exact) mass is 391 g/mol. The lowest BCUT2D eigenvalue weighted by atomic mass is 10.1. The maximum atomic E-state index is 12.3. The Morgan fingerprint density at radius 1 is 1.11 bits per heavy atom. The summed E-state index contributed by atoms with van der Waals surface area (Å²) < 4.78 is 22.2. The first-order valence-electron chi connectivity index (χ1n) is 9.00. The van der Waals surface area contributed by atoms with Crippen LogP contribution in [-0.4, -0.2) is 61.1 Å². The minimum atomic E-state index is -3.63. The first-order chi connectivity index (χ1) is 12.7. The second-order valence-electron chi connectivity index (χ2n) is 6.99. The number of carbonyl (C=O) groups is 1. The molecule has 1 amide bonds. The van der Waals surface area contributed by atoms with E-state index in [4.69, 9.17) is 5.14 Å². The average molecular weight is 391 g/mol. The summed E-state index contributed by atoms with van der Waals surface area (Å²) in [6.07, 6.45) is 2.29. The summed E-state index contributed by atoms with van der Waals surface area (Å²) in [4.78, 5) is 25.1. The Kier molecular flexibility index (Phi) is 5.61. The molecule has 1 fully saturated rings. The molecule has 1 aromatic heterocycles. The number of carbonyl (C=O) groups excluding carboxylic acids is 1. The van der Waals surface area contributed by atoms with E-state index in [1.54, 1.807) is 11.2 Å². The fraction of sp³-hybridized carbons (Fsp3) is 0.500. The van der Waals surface area contributed by atoms with Crippen LogP contribution in [0, 0.1) is 13.8 Å². The van der Waals surface area contributed by atoms with Gasteiger partial charge in [-0.15, -0.1) is 0 Å². The summed E-state index contributed by atoms with van der Waals surface area (Å²) in [5.41, 5.74) is 3.29. The molecule has 1 aliphatic heterocycles. The predicted molar refractivity (Wildman–Crippen MR) is 105 cm³/mol. The van der Waals surface area contributed by atoms with E-state index in [1.165, 1.54) is 11.1 Å². The van der Waals surface area contributed by atoms with Crippen molar-refractivity contribution in [2.75, 3.05) is 36.8 Å². The third kappa shape index (κ3) is 4.72. The highest BCUT2D eigenvalue weighted by Gasteiger charge is 2.22. The first-order valence-corrected chi connectivity index (χ1v) is 10.7. The highest BCUT2D eigenvalue weighted by atomic mass is 32.2. The van der Waals surface area contributed by atoms with Gasteiger partial charge >= 0.3 is 0 Å². The SMILES string of the molecule is Cc1cc2ncnc(N3CCCN(C(=O)CCS(N)(=O)=O)CC3)c2cc1C. The molecule has 2 aromatic rings. The molecular weight excluding hydrogens is 366 g/mol. The maximum absolute atomic E-state index is 12.3. The van der Waals surface area contributed by atoms with Crippen LogP contribution < -0.4 is 10.0 Å². The van der Waals surface area contributed by atoms with Crippen LogP contribution in [0.4, 0.5) is 5.82 Å². The van der Waals surface area contributed by atoms with Crippen LogP contribution in [0.1, 0.15) is 24.0 Å². The van der Waals surface area contributed by atoms with Gasteiger partial charge in [0.2, 0.25) is 15.9 Å². The van der Waals surface area contributed by atoms with Crippen LogP contribution in [0.5, 0.6) is 0 Å². The van der Waals surface area contributed by atoms with E-state index < -0.39 is 10.0 Å². The zero-order chi connectivity index (χ0) is 19.6. The number of aromatic nitrogens is 2. The quantitative estimate of drug-likeness (QED) is 0.831. The van der Waals surface area contributed by atoms with E-state index in [2.05, 4.69) is 40.8 Å². The summed E-state index contributed by atoms with van der Waals surface area (Å²) in [5, 5.41) is 6.01. The van der Waals surface area contributed by atoms with Crippen LogP contribution >= 0.6 is 0 Å². The molecule has 0 aliphatic carbocycles. The number of hydrogen-bond acceptors (Lipinski definition) is 6. The largest absolute Gasteiger partial charge is 0.354 e. The van der Waals surface area contributed by atoms with Gasteiger partial charge in [0.15, 0.2) is 0 Å². The molecule has 2 heterocycles. The van der Waals surface area contributed by atoms with Crippen molar-refractivity contribution in [1.82, 2.24) is 14.9 Å². The summed E-state index contributed by atoms with van der Waals surface area (Å²) in [6, 6.07) is 4.18. The maximum Gasteiger partial charge on any atom is 0.223 e. The van der Waals surface area contributed by atoms with Crippen LogP contribution in [-0.2, 0) is 14.8 Å². The number of hydrogen-bond donors (Lipinski definition) is 1. The van der Waals surface area contributed by atoms with Gasteiger partial charge in [0.05, 0.1) is 11.3 Å². The summed E-state index contributed by atoms with van der Waals surface area (Å²) >= 11 is 0. The molecule has 2 N–H and O–H groups in total. The van der Waals surface area contributed by atoms with Gasteiger partial charge in [-0.3, -0.25) is 4.79 Å². The number of amides is 1. The van der Waals surface area contributed by atoms with Crippen molar-refractivity contribution in [2.45, 2.75) is 26.7 Å². The van der Waals surface area contributed by atoms with Crippen molar-refractivity contribution < 1.29 is 13.2 Å². The second-order valence-corrected chi connectivity index (χ2v) is 8.72. The highest BCUT2D eigenvalue weighted by molar-refractivity contribution is 7.89. The highest BCUT2D eigenvalue weighted by Crippen LogP contribution is 2.26. The lowest BCUT2D eigenvalue weighted by molar-refractivity contribution is -0.130. The molecule has 3 rings (SSSR count). The van der Waals surface area contributed by atoms with Crippen molar-refractivity contribution in [1.29, 1.82) is 0 Å². The summed E-state index contributed by atoms with van der Waals surface area (Å²) in [6.45, 7) is 6.67. The molecule has 27 heavy (non-hydrogen) atoms. The number of aryl methyl sites for hydroxylation is 2. The van der Waals surface area contributed by atoms with Gasteiger partial charge in [-0.05, 0) is 43.5 Å². The molecule has 1 aromatic carbocycles. The molecule has 0 atom stereocenters. The first kappa shape index (κ1) is 19.5. The van der Waals surface area contributed by atoms with Gasteiger partial charge in [0.25, 0.3) is 0 Å². The van der Waals surface area contributed by atoms with Crippen molar-refractivity contribution in [3.05, 3.63) is 29.6 Å². The molecule has 0 radical (unpaired) electrons. The Morgan fingerprint density at radius 2 is 1.85 bits per heavy atom. The van der Waals surface area contributed by atoms with Gasteiger partial charge in [-0.25, -0.2) is 23.5 Å². The number of sulfonamides is 1. The number of fused-ring (bicyclic) bond motifs is 1. The summed E-state index contributed by atoms with van der Waals surface area (Å²) in [7, 11) is -3.63. The molecule has 1 aliphatic rings. The van der Waals surface area contributed by atoms with Crippen LogP contribution in [0.15, 0.2) is 18.5 Å². The normalized spacial score (nSPS) is 15.8. The topological polar surface area (TPSA) is 109 Å². The Balaban J connectivity index is 1.76. The van der Waals surface area contributed by atoms with E-state index >= 15 is 0 Å². The van der Waals surface area contributed by atoms with Gasteiger partial charge in [0, 0.05) is 38.0 Å². The molecule has 0 spiro atoms. The Morgan fingerprint density at radius 3 is 2.59 bits per heavy atom. The van der Waals surface area contributed by atoms with Crippen LogP contribution in [0.2, 0.25) is 0 Å². The Bertz CT molecular complexity index is 961. The number of rotatable bonds is 4. The van der Waals surface area contributed by atoms with Crippen LogP contribution in [0.25, 0.3) is 10.9 Å². The number of benzene rings is 1. The van der Waals surface area contributed by atoms with Crippen molar-refractivity contribution in [3.63, 3.8) is 0 Å². The van der Waals surface area contributed by atoms with Crippen molar-refractivity contribution >= 4 is 32.7 Å². The predicted octanol–water partition coefficient (Wildman–Crippen LogP) is 0.964. The number of nitrogens with two attached hydrogens (primary N) is 1. The minimum Gasteiger partial charge on any atom is -0.354 e. The molecule has 9 heteroatoms. The number of nitrogens with zero attached hydrogens (tertiary/aromatic N) is 4. The number of primary sulfonamides is 1. The molecular formula is C18H25N5O3S. The standard InChI is InChI=1S/C18H25N5O3S/c1-13-10-15-16(11-14(13)2)20-12-21-18(15)23-6-3-5-22(7-8-23)17(24)4-9-27(19,25)26/h10-12H,3-9H2,1-2H3,(H2,19,25,26). The number of anilines is 1. The zero-order valence-electron chi connectivity index (χ0n) is 15.7. The molecule has 0 bridgehead atoms. The summed E-state index contributed by atoms with van der Waals surface area (Å²) in [5.74, 6) is 0.383.